The predicted molar refractivity (Wildman–Crippen MR) is 149 cm³/mol. The summed E-state index contributed by atoms with van der Waals surface area (Å²) in [4.78, 5) is 27.7. The van der Waals surface area contributed by atoms with E-state index < -0.39 is 6.29 Å². The van der Waals surface area contributed by atoms with Crippen molar-refractivity contribution in [2.45, 2.75) is 38.3 Å². The van der Waals surface area contributed by atoms with Gasteiger partial charge in [-0.05, 0) is 31.2 Å². The molecule has 10 nitrogen and oxygen atoms in total. The zero-order chi connectivity index (χ0) is 26.9. The minimum Gasteiger partial charge on any atom is -0.377 e. The van der Waals surface area contributed by atoms with Crippen LogP contribution < -0.4 is 16.6 Å². The first-order valence-corrected chi connectivity index (χ1v) is 13.3. The smallest absolute Gasteiger partial charge is 0.260 e. The Morgan fingerprint density at radius 1 is 1.08 bits per heavy atom. The summed E-state index contributed by atoms with van der Waals surface area (Å²) in [5.41, 5.74) is 9.87. The van der Waals surface area contributed by atoms with Crippen molar-refractivity contribution in [2.75, 3.05) is 31.7 Å². The summed E-state index contributed by atoms with van der Waals surface area (Å²) in [5, 5.41) is 4.43. The van der Waals surface area contributed by atoms with Gasteiger partial charge in [-0.2, -0.15) is 4.98 Å². The third kappa shape index (κ3) is 5.52. The number of hydrogen-bond donors (Lipinski definition) is 2. The molecule has 6 rings (SSSR count). The predicted octanol–water partition coefficient (Wildman–Crippen LogP) is 3.38. The molecule has 0 amide bonds. The van der Waals surface area contributed by atoms with E-state index in [-0.39, 0.29) is 17.6 Å². The molecule has 3 aromatic heterocycles. The summed E-state index contributed by atoms with van der Waals surface area (Å²) in [6.07, 6.45) is 1.72. The van der Waals surface area contributed by atoms with Crippen molar-refractivity contribution in [3.63, 3.8) is 0 Å². The maximum Gasteiger partial charge on any atom is 0.260 e. The Bertz CT molecular complexity index is 1570. The van der Waals surface area contributed by atoms with Crippen LogP contribution in [0.5, 0.6) is 0 Å². The Morgan fingerprint density at radius 3 is 2.62 bits per heavy atom. The highest BCUT2D eigenvalue weighted by Gasteiger charge is 2.23. The summed E-state index contributed by atoms with van der Waals surface area (Å²) in [6.45, 7) is 4.29. The van der Waals surface area contributed by atoms with Gasteiger partial charge in [0, 0.05) is 52.0 Å². The summed E-state index contributed by atoms with van der Waals surface area (Å²) in [7, 11) is 0. The molecule has 0 unspecified atom stereocenters. The minimum atomic E-state index is -0.452. The van der Waals surface area contributed by atoms with Gasteiger partial charge >= 0.3 is 0 Å². The number of nitrogens with one attached hydrogen (secondary N) is 1. The summed E-state index contributed by atoms with van der Waals surface area (Å²) in [6, 6.07) is 13.2. The van der Waals surface area contributed by atoms with Gasteiger partial charge in [0.05, 0.1) is 44.2 Å². The number of nitrogens with two attached hydrogens (primary N) is 1. The number of benzene rings is 1. The van der Waals surface area contributed by atoms with E-state index in [1.165, 1.54) is 0 Å². The summed E-state index contributed by atoms with van der Waals surface area (Å²) >= 11 is 6.77. The van der Waals surface area contributed by atoms with Gasteiger partial charge in [0.1, 0.15) is 5.65 Å². The number of nitrogens with zero attached hydrogens (tertiary/aromatic N) is 4. The lowest BCUT2D eigenvalue weighted by Gasteiger charge is -2.28. The van der Waals surface area contributed by atoms with E-state index in [0.29, 0.717) is 72.5 Å². The standard InChI is InChI=1S/C28H29ClN6O4/c1-16-3-2-4-24(32-16)17-5-6-21(23(29)10-17)22-9-18-11-31-28(33-20-14-37-15-20)34-26(18)35(27(22)36)8-7-25-38-12-19(30)13-39-25/h2-6,9-11,19-20,25H,7-8,12-15,30H2,1H3,(H,31,33,34). The van der Waals surface area contributed by atoms with Crippen molar-refractivity contribution >= 4 is 28.6 Å². The molecule has 0 radical (unpaired) electrons. The SMILES string of the molecule is Cc1cccc(-c2ccc(-c3cc4cnc(NC5COC5)nc4n(CCC4OCC(N)CO4)c3=O)c(Cl)c2)n1. The highest BCUT2D eigenvalue weighted by molar-refractivity contribution is 6.33. The summed E-state index contributed by atoms with van der Waals surface area (Å²) < 4.78 is 18.3. The molecule has 39 heavy (non-hydrogen) atoms. The van der Waals surface area contributed by atoms with Crippen LogP contribution in [-0.4, -0.2) is 64.3 Å². The first kappa shape index (κ1) is 25.8. The molecule has 0 aliphatic carbocycles. The molecule has 2 aliphatic rings. The molecule has 5 heterocycles. The second-order valence-corrected chi connectivity index (χ2v) is 10.3. The van der Waals surface area contributed by atoms with Crippen LogP contribution >= 0.6 is 11.6 Å². The molecular formula is C28H29ClN6O4. The molecule has 11 heteroatoms. The third-order valence-electron chi connectivity index (χ3n) is 6.82. The summed E-state index contributed by atoms with van der Waals surface area (Å²) in [5.74, 6) is 0.445. The molecule has 0 saturated carbocycles. The molecule has 2 aliphatic heterocycles. The minimum absolute atomic E-state index is 0.148. The van der Waals surface area contributed by atoms with E-state index >= 15 is 0 Å². The Balaban J connectivity index is 1.39. The fourth-order valence-electron chi connectivity index (χ4n) is 4.69. The van der Waals surface area contributed by atoms with Gasteiger partial charge in [-0.15, -0.1) is 0 Å². The average Bonchev–Trinajstić information content (AvgIpc) is 2.91. The van der Waals surface area contributed by atoms with Crippen LogP contribution in [0.3, 0.4) is 0 Å². The number of hydrogen-bond acceptors (Lipinski definition) is 9. The number of anilines is 1. The van der Waals surface area contributed by atoms with Gasteiger partial charge in [-0.25, -0.2) is 4.98 Å². The number of aromatic nitrogens is 4. The number of rotatable bonds is 7. The van der Waals surface area contributed by atoms with Crippen LogP contribution in [0.4, 0.5) is 5.95 Å². The first-order valence-electron chi connectivity index (χ1n) is 12.9. The molecule has 3 N–H and O–H groups in total. The van der Waals surface area contributed by atoms with Crippen LogP contribution in [0.25, 0.3) is 33.4 Å². The highest BCUT2D eigenvalue weighted by Crippen LogP contribution is 2.32. The lowest BCUT2D eigenvalue weighted by atomic mass is 10.0. The molecule has 4 aromatic rings. The Morgan fingerprint density at radius 2 is 1.90 bits per heavy atom. The largest absolute Gasteiger partial charge is 0.377 e. The van der Waals surface area contributed by atoms with E-state index in [0.717, 1.165) is 17.0 Å². The van der Waals surface area contributed by atoms with E-state index in [1.54, 1.807) is 16.8 Å². The number of aryl methyl sites for hydroxylation is 2. The van der Waals surface area contributed by atoms with Crippen LogP contribution in [0.1, 0.15) is 12.1 Å². The maximum atomic E-state index is 14.0. The Kier molecular flexibility index (Phi) is 7.28. The molecule has 0 bridgehead atoms. The van der Waals surface area contributed by atoms with Gasteiger partial charge in [0.25, 0.3) is 5.56 Å². The normalized spacial score (nSPS) is 19.7. The van der Waals surface area contributed by atoms with Gasteiger partial charge < -0.3 is 25.3 Å². The quantitative estimate of drug-likeness (QED) is 0.357. The zero-order valence-corrected chi connectivity index (χ0v) is 22.2. The van der Waals surface area contributed by atoms with Crippen molar-refractivity contribution in [1.82, 2.24) is 19.5 Å². The number of halogens is 1. The number of pyridine rings is 2. The second-order valence-electron chi connectivity index (χ2n) is 9.87. The molecular weight excluding hydrogens is 520 g/mol. The fraction of sp³-hybridized carbons (Fsp3) is 0.357. The van der Waals surface area contributed by atoms with Crippen LogP contribution in [0, 0.1) is 6.92 Å². The van der Waals surface area contributed by atoms with Gasteiger partial charge in [-0.3, -0.25) is 14.3 Å². The van der Waals surface area contributed by atoms with Gasteiger partial charge in [0.15, 0.2) is 6.29 Å². The van der Waals surface area contributed by atoms with E-state index in [2.05, 4.69) is 15.3 Å². The topological polar surface area (TPSA) is 126 Å². The fourth-order valence-corrected chi connectivity index (χ4v) is 4.97. The third-order valence-corrected chi connectivity index (χ3v) is 7.14. The molecule has 202 valence electrons. The van der Waals surface area contributed by atoms with Crippen LogP contribution in [0.15, 0.2) is 53.5 Å². The van der Waals surface area contributed by atoms with Crippen molar-refractivity contribution in [2.24, 2.45) is 5.73 Å². The maximum absolute atomic E-state index is 14.0. The second kappa shape index (κ2) is 11.0. The van der Waals surface area contributed by atoms with E-state index in [4.69, 9.17) is 36.5 Å². The monoisotopic (exact) mass is 548 g/mol. The van der Waals surface area contributed by atoms with Crippen molar-refractivity contribution in [3.8, 4) is 22.4 Å². The molecule has 1 aromatic carbocycles. The molecule has 2 saturated heterocycles. The van der Waals surface area contributed by atoms with Crippen molar-refractivity contribution in [1.29, 1.82) is 0 Å². The lowest BCUT2D eigenvalue weighted by Crippen LogP contribution is -2.41. The first-order chi connectivity index (χ1) is 18.9. The number of ether oxygens (including phenoxy) is 3. The zero-order valence-electron chi connectivity index (χ0n) is 21.5. The van der Waals surface area contributed by atoms with Gasteiger partial charge in [-0.1, -0.05) is 29.8 Å². The molecule has 0 spiro atoms. The molecule has 2 fully saturated rings. The van der Waals surface area contributed by atoms with E-state index in [9.17, 15) is 4.79 Å². The average molecular weight is 549 g/mol. The van der Waals surface area contributed by atoms with Crippen molar-refractivity contribution < 1.29 is 14.2 Å². The highest BCUT2D eigenvalue weighted by atomic mass is 35.5. The van der Waals surface area contributed by atoms with Crippen LogP contribution in [0.2, 0.25) is 5.02 Å². The Hall–Kier alpha value is -3.41. The Labute approximate surface area is 230 Å². The van der Waals surface area contributed by atoms with Gasteiger partial charge in [0.2, 0.25) is 5.95 Å². The van der Waals surface area contributed by atoms with Crippen LogP contribution in [-0.2, 0) is 20.8 Å². The number of fused-ring (bicyclic) bond motifs is 1. The lowest BCUT2D eigenvalue weighted by molar-refractivity contribution is -0.189. The molecule has 0 atom stereocenters. The van der Waals surface area contributed by atoms with E-state index in [1.807, 2.05) is 43.3 Å². The van der Waals surface area contributed by atoms with Crippen molar-refractivity contribution in [3.05, 3.63) is 69.7 Å².